The molecule has 3 nitrogen and oxygen atoms in total. The van der Waals surface area contributed by atoms with Crippen molar-refractivity contribution in [1.29, 1.82) is 0 Å². The fourth-order valence-corrected chi connectivity index (χ4v) is 2.86. The molecule has 96 valence electrons. The van der Waals surface area contributed by atoms with Crippen LogP contribution in [-0.2, 0) is 33.6 Å². The van der Waals surface area contributed by atoms with Crippen LogP contribution in [0.15, 0.2) is 53.9 Å². The van der Waals surface area contributed by atoms with E-state index in [2.05, 4.69) is 6.58 Å². The van der Waals surface area contributed by atoms with Crippen LogP contribution in [0.5, 0.6) is 0 Å². The normalized spacial score (nSPS) is 10.9. The first-order valence-electron chi connectivity index (χ1n) is 5.13. The Hall–Kier alpha value is -1.13. The van der Waals surface area contributed by atoms with E-state index in [9.17, 15) is 13.0 Å². The molecule has 0 bridgehead atoms. The van der Waals surface area contributed by atoms with E-state index in [1.165, 1.54) is 0 Å². The van der Waals surface area contributed by atoms with Crippen molar-refractivity contribution < 1.29 is 30.0 Å². The minimum absolute atomic E-state index is 0. The Labute approximate surface area is 117 Å². The maximum atomic E-state index is 11.5. The molecule has 2 rings (SSSR count). The Kier molecular flexibility index (Phi) is 4.71. The molecule has 2 aromatic rings. The van der Waals surface area contributed by atoms with Crippen LogP contribution < -0.4 is 0 Å². The van der Waals surface area contributed by atoms with Gasteiger partial charge in [-0.15, -0.1) is 6.58 Å². The van der Waals surface area contributed by atoms with E-state index >= 15 is 0 Å². The summed E-state index contributed by atoms with van der Waals surface area (Å²) in [5.74, 6) is 0. The molecule has 0 aliphatic rings. The molecule has 1 N–H and O–H groups in total. The van der Waals surface area contributed by atoms with Crippen LogP contribution in [0, 0.1) is 0 Å². The Bertz CT molecular complexity index is 678. The molecule has 0 aliphatic carbocycles. The van der Waals surface area contributed by atoms with Gasteiger partial charge in [-0.25, -0.2) is 0 Å². The first-order chi connectivity index (χ1) is 8.04. The van der Waals surface area contributed by atoms with Crippen LogP contribution in [0.3, 0.4) is 0 Å². The van der Waals surface area contributed by atoms with Gasteiger partial charge in [0, 0.05) is 22.5 Å². The zero-order chi connectivity index (χ0) is 12.5. The van der Waals surface area contributed by atoms with Gasteiger partial charge in [-0.3, -0.25) is 4.55 Å². The molecule has 18 heavy (non-hydrogen) atoms. The van der Waals surface area contributed by atoms with E-state index in [0.29, 0.717) is 17.4 Å². The molecule has 0 aromatic heterocycles. The van der Waals surface area contributed by atoms with Crippen LogP contribution >= 0.6 is 0 Å². The Morgan fingerprint density at radius 1 is 1.17 bits per heavy atom. The molecule has 0 saturated carbocycles. The number of benzene rings is 2. The predicted octanol–water partition coefficient (Wildman–Crippen LogP) is 2.81. The van der Waals surface area contributed by atoms with Crippen molar-refractivity contribution in [3.63, 3.8) is 0 Å². The molecule has 0 fully saturated rings. The standard InChI is InChI=1S/C13H12O3S.Fe/c1-2-5-11-9-8-10-6-3-4-7-12(10)13(11)17(14,15)16;/h2-4,6-9H,1,5H2,(H,14,15,16);. The van der Waals surface area contributed by atoms with Gasteiger partial charge in [0.25, 0.3) is 10.1 Å². The number of hydrogen-bond acceptors (Lipinski definition) is 2. The van der Waals surface area contributed by atoms with Gasteiger partial charge in [-0.1, -0.05) is 42.5 Å². The summed E-state index contributed by atoms with van der Waals surface area (Å²) in [4.78, 5) is -0.0181. The maximum Gasteiger partial charge on any atom is 0.295 e. The van der Waals surface area contributed by atoms with Crippen LogP contribution in [0.4, 0.5) is 0 Å². The van der Waals surface area contributed by atoms with Crippen molar-refractivity contribution in [2.45, 2.75) is 11.3 Å². The molecule has 0 atom stereocenters. The van der Waals surface area contributed by atoms with Gasteiger partial charge < -0.3 is 0 Å². The zero-order valence-corrected chi connectivity index (χ0v) is 11.4. The van der Waals surface area contributed by atoms with Crippen molar-refractivity contribution in [3.8, 4) is 0 Å². The van der Waals surface area contributed by atoms with Crippen LogP contribution in [-0.4, -0.2) is 13.0 Å². The van der Waals surface area contributed by atoms with Crippen LogP contribution in [0.1, 0.15) is 5.56 Å². The number of hydrogen-bond donors (Lipinski definition) is 1. The van der Waals surface area contributed by atoms with E-state index in [1.807, 2.05) is 18.2 Å². The van der Waals surface area contributed by atoms with Crippen LogP contribution in [0.25, 0.3) is 10.8 Å². The summed E-state index contributed by atoms with van der Waals surface area (Å²) < 4.78 is 32.3. The molecular formula is C13H12FeO3S. The number of rotatable bonds is 3. The van der Waals surface area contributed by atoms with E-state index in [4.69, 9.17) is 0 Å². The van der Waals surface area contributed by atoms with Gasteiger partial charge in [0.1, 0.15) is 4.90 Å². The smallest absolute Gasteiger partial charge is 0.282 e. The summed E-state index contributed by atoms with van der Waals surface area (Å²) in [5.41, 5.74) is 0.557. The number of fused-ring (bicyclic) bond motifs is 1. The molecular weight excluding hydrogens is 292 g/mol. The topological polar surface area (TPSA) is 54.4 Å². The summed E-state index contributed by atoms with van der Waals surface area (Å²) in [5, 5.41) is 1.32. The van der Waals surface area contributed by atoms with Gasteiger partial charge in [0.05, 0.1) is 0 Å². The van der Waals surface area contributed by atoms with Crippen molar-refractivity contribution in [2.75, 3.05) is 0 Å². The van der Waals surface area contributed by atoms with Crippen LogP contribution in [0.2, 0.25) is 0 Å². The Morgan fingerprint density at radius 2 is 1.83 bits per heavy atom. The monoisotopic (exact) mass is 304 g/mol. The molecule has 0 spiro atoms. The molecule has 0 saturated heterocycles. The summed E-state index contributed by atoms with van der Waals surface area (Å²) >= 11 is 0. The molecule has 0 heterocycles. The molecule has 0 aliphatic heterocycles. The number of allylic oxidation sites excluding steroid dienone is 1. The van der Waals surface area contributed by atoms with E-state index in [0.717, 1.165) is 5.39 Å². The minimum atomic E-state index is -4.23. The second-order valence-corrected chi connectivity index (χ2v) is 5.10. The molecule has 5 heteroatoms. The zero-order valence-electron chi connectivity index (χ0n) is 9.48. The fourth-order valence-electron chi connectivity index (χ4n) is 1.91. The first-order valence-corrected chi connectivity index (χ1v) is 6.57. The Morgan fingerprint density at radius 3 is 2.44 bits per heavy atom. The molecule has 0 unspecified atom stereocenters. The molecule has 2 aromatic carbocycles. The third kappa shape index (κ3) is 2.82. The van der Waals surface area contributed by atoms with E-state index in [1.54, 1.807) is 24.3 Å². The van der Waals surface area contributed by atoms with E-state index in [-0.39, 0.29) is 22.0 Å². The quantitative estimate of drug-likeness (QED) is 0.539. The summed E-state index contributed by atoms with van der Waals surface area (Å²) in [6.45, 7) is 3.58. The summed E-state index contributed by atoms with van der Waals surface area (Å²) in [6.07, 6.45) is 2.01. The predicted molar refractivity (Wildman–Crippen MR) is 67.7 cm³/mol. The summed E-state index contributed by atoms with van der Waals surface area (Å²) in [6, 6.07) is 10.6. The van der Waals surface area contributed by atoms with Crippen molar-refractivity contribution in [1.82, 2.24) is 0 Å². The maximum absolute atomic E-state index is 11.5. The van der Waals surface area contributed by atoms with Gasteiger partial charge in [0.15, 0.2) is 0 Å². The van der Waals surface area contributed by atoms with Crippen molar-refractivity contribution in [3.05, 3.63) is 54.6 Å². The third-order valence-corrected chi connectivity index (χ3v) is 3.58. The van der Waals surface area contributed by atoms with Gasteiger partial charge >= 0.3 is 0 Å². The van der Waals surface area contributed by atoms with Gasteiger partial charge in [-0.05, 0) is 17.4 Å². The third-order valence-electron chi connectivity index (χ3n) is 2.58. The average molecular weight is 304 g/mol. The minimum Gasteiger partial charge on any atom is -0.282 e. The first kappa shape index (κ1) is 14.9. The van der Waals surface area contributed by atoms with Crippen molar-refractivity contribution in [2.24, 2.45) is 0 Å². The largest absolute Gasteiger partial charge is 0.295 e. The SMILES string of the molecule is C=CCc1ccc2ccccc2c1S(=O)(=O)O.[Fe]. The van der Waals surface area contributed by atoms with E-state index < -0.39 is 10.1 Å². The molecule has 0 radical (unpaired) electrons. The van der Waals surface area contributed by atoms with Gasteiger partial charge in [-0.2, -0.15) is 8.42 Å². The van der Waals surface area contributed by atoms with Gasteiger partial charge in [0.2, 0.25) is 0 Å². The Balaban J connectivity index is 0.00000162. The second-order valence-electron chi connectivity index (χ2n) is 3.74. The van der Waals surface area contributed by atoms with Crippen molar-refractivity contribution >= 4 is 20.9 Å². The fraction of sp³-hybridized carbons (Fsp3) is 0.0769. The average Bonchev–Trinajstić information content (AvgIpc) is 2.27. The second kappa shape index (κ2) is 5.67. The summed E-state index contributed by atoms with van der Waals surface area (Å²) in [7, 11) is -4.23. The molecule has 0 amide bonds.